The minimum Gasteiger partial charge on any atom is -0.380 e. The van der Waals surface area contributed by atoms with Crippen LogP contribution < -0.4 is 10.6 Å². The standard InChI is InChI=1S/C15H17N3O2/c1-20-11-13-6-2-3-7-14(13)18-15(19)17-10-12-5-4-8-16-9-12/h2-9H,10-11H2,1H3,(H2,17,18,19). The third-order valence-corrected chi connectivity index (χ3v) is 2.74. The number of hydrogen-bond donors (Lipinski definition) is 2. The van der Waals surface area contributed by atoms with E-state index in [-0.39, 0.29) is 6.03 Å². The van der Waals surface area contributed by atoms with Crippen molar-refractivity contribution in [2.24, 2.45) is 0 Å². The number of ether oxygens (including phenoxy) is 1. The van der Waals surface area contributed by atoms with E-state index in [0.29, 0.717) is 13.2 Å². The minimum absolute atomic E-state index is 0.252. The van der Waals surface area contributed by atoms with Gasteiger partial charge < -0.3 is 15.4 Å². The van der Waals surface area contributed by atoms with Crippen molar-refractivity contribution >= 4 is 11.7 Å². The van der Waals surface area contributed by atoms with Gasteiger partial charge in [0.1, 0.15) is 0 Å². The molecule has 0 bridgehead atoms. The third-order valence-electron chi connectivity index (χ3n) is 2.74. The van der Waals surface area contributed by atoms with Crippen molar-refractivity contribution in [3.05, 3.63) is 59.9 Å². The molecule has 1 aromatic carbocycles. The molecule has 0 saturated carbocycles. The Morgan fingerprint density at radius 3 is 2.85 bits per heavy atom. The van der Waals surface area contributed by atoms with Gasteiger partial charge in [-0.3, -0.25) is 4.98 Å². The first-order chi connectivity index (χ1) is 9.79. The van der Waals surface area contributed by atoms with Crippen LogP contribution in [-0.2, 0) is 17.9 Å². The number of aromatic nitrogens is 1. The second-order valence-electron chi connectivity index (χ2n) is 4.26. The lowest BCUT2D eigenvalue weighted by Gasteiger charge is -2.11. The Morgan fingerprint density at radius 1 is 1.25 bits per heavy atom. The number of anilines is 1. The highest BCUT2D eigenvalue weighted by atomic mass is 16.5. The van der Waals surface area contributed by atoms with Crippen LogP contribution in [0.4, 0.5) is 10.5 Å². The molecule has 2 rings (SSSR count). The van der Waals surface area contributed by atoms with Gasteiger partial charge >= 0.3 is 6.03 Å². The molecule has 0 saturated heterocycles. The minimum atomic E-state index is -0.252. The second kappa shape index (κ2) is 7.25. The summed E-state index contributed by atoms with van der Waals surface area (Å²) >= 11 is 0. The summed E-state index contributed by atoms with van der Waals surface area (Å²) in [5.74, 6) is 0. The van der Waals surface area contributed by atoms with Gasteiger partial charge in [-0.2, -0.15) is 0 Å². The van der Waals surface area contributed by atoms with E-state index in [4.69, 9.17) is 4.74 Å². The highest BCUT2D eigenvalue weighted by Crippen LogP contribution is 2.15. The lowest BCUT2D eigenvalue weighted by molar-refractivity contribution is 0.185. The van der Waals surface area contributed by atoms with E-state index in [1.54, 1.807) is 19.5 Å². The van der Waals surface area contributed by atoms with Crippen LogP contribution in [0, 0.1) is 0 Å². The molecule has 2 aromatic rings. The Bertz CT molecular complexity index is 558. The maximum Gasteiger partial charge on any atom is 0.319 e. The van der Waals surface area contributed by atoms with Crippen LogP contribution in [0.25, 0.3) is 0 Å². The Hall–Kier alpha value is -2.40. The molecule has 2 amide bonds. The van der Waals surface area contributed by atoms with Gasteiger partial charge in [0.2, 0.25) is 0 Å². The van der Waals surface area contributed by atoms with Gasteiger partial charge in [-0.25, -0.2) is 4.79 Å². The highest BCUT2D eigenvalue weighted by Gasteiger charge is 2.05. The van der Waals surface area contributed by atoms with Crippen molar-refractivity contribution in [3.8, 4) is 0 Å². The number of carbonyl (C=O) groups excluding carboxylic acids is 1. The Balaban J connectivity index is 1.91. The summed E-state index contributed by atoms with van der Waals surface area (Å²) in [5.41, 5.74) is 2.64. The van der Waals surface area contributed by atoms with Crippen molar-refractivity contribution in [1.82, 2.24) is 10.3 Å². The van der Waals surface area contributed by atoms with Gasteiger partial charge in [-0.15, -0.1) is 0 Å². The van der Waals surface area contributed by atoms with E-state index in [0.717, 1.165) is 16.8 Å². The quantitative estimate of drug-likeness (QED) is 0.878. The number of urea groups is 1. The largest absolute Gasteiger partial charge is 0.380 e. The van der Waals surface area contributed by atoms with E-state index in [9.17, 15) is 4.79 Å². The number of benzene rings is 1. The van der Waals surface area contributed by atoms with Crippen LogP contribution in [-0.4, -0.2) is 18.1 Å². The van der Waals surface area contributed by atoms with Crippen molar-refractivity contribution < 1.29 is 9.53 Å². The molecule has 1 heterocycles. The predicted molar refractivity (Wildman–Crippen MR) is 77.3 cm³/mol. The van der Waals surface area contributed by atoms with Crippen LogP contribution >= 0.6 is 0 Å². The summed E-state index contributed by atoms with van der Waals surface area (Å²) in [6.07, 6.45) is 3.42. The summed E-state index contributed by atoms with van der Waals surface area (Å²) in [4.78, 5) is 15.9. The average molecular weight is 271 g/mol. The molecule has 0 aliphatic rings. The summed E-state index contributed by atoms with van der Waals surface area (Å²) in [6, 6.07) is 11.0. The van der Waals surface area contributed by atoms with Crippen molar-refractivity contribution in [2.75, 3.05) is 12.4 Å². The Labute approximate surface area is 118 Å². The van der Waals surface area contributed by atoms with Gasteiger partial charge in [0.25, 0.3) is 0 Å². The number of methoxy groups -OCH3 is 1. The molecule has 1 aromatic heterocycles. The van der Waals surface area contributed by atoms with Crippen LogP contribution in [0.3, 0.4) is 0 Å². The van der Waals surface area contributed by atoms with E-state index >= 15 is 0 Å². The normalized spacial score (nSPS) is 10.1. The first-order valence-electron chi connectivity index (χ1n) is 6.30. The maximum absolute atomic E-state index is 11.9. The number of nitrogens with zero attached hydrogens (tertiary/aromatic N) is 1. The zero-order valence-electron chi connectivity index (χ0n) is 11.3. The summed E-state index contributed by atoms with van der Waals surface area (Å²) in [6.45, 7) is 0.894. The molecule has 0 unspecified atom stereocenters. The highest BCUT2D eigenvalue weighted by molar-refractivity contribution is 5.90. The third kappa shape index (κ3) is 4.07. The van der Waals surface area contributed by atoms with Crippen LogP contribution in [0.2, 0.25) is 0 Å². The number of rotatable bonds is 5. The fourth-order valence-electron chi connectivity index (χ4n) is 1.78. The molecule has 0 aliphatic carbocycles. The number of nitrogens with one attached hydrogen (secondary N) is 2. The molecule has 20 heavy (non-hydrogen) atoms. The summed E-state index contributed by atoms with van der Waals surface area (Å²) < 4.78 is 5.10. The molecule has 5 heteroatoms. The van der Waals surface area contributed by atoms with Gasteiger partial charge in [0, 0.05) is 37.3 Å². The number of carbonyl (C=O) groups is 1. The molecule has 0 radical (unpaired) electrons. The van der Waals surface area contributed by atoms with Crippen LogP contribution in [0.1, 0.15) is 11.1 Å². The van der Waals surface area contributed by atoms with Crippen molar-refractivity contribution in [2.45, 2.75) is 13.2 Å². The second-order valence-corrected chi connectivity index (χ2v) is 4.26. The van der Waals surface area contributed by atoms with Gasteiger partial charge in [0.15, 0.2) is 0 Å². The molecule has 0 spiro atoms. The lowest BCUT2D eigenvalue weighted by atomic mass is 10.2. The zero-order valence-corrected chi connectivity index (χ0v) is 11.3. The monoisotopic (exact) mass is 271 g/mol. The van der Waals surface area contributed by atoms with Crippen LogP contribution in [0.5, 0.6) is 0 Å². The average Bonchev–Trinajstić information content (AvgIpc) is 2.49. The summed E-state index contributed by atoms with van der Waals surface area (Å²) in [7, 11) is 1.62. The van der Waals surface area contributed by atoms with E-state index in [1.807, 2.05) is 36.4 Å². The topological polar surface area (TPSA) is 63.2 Å². The fourth-order valence-corrected chi connectivity index (χ4v) is 1.78. The Morgan fingerprint density at radius 2 is 2.10 bits per heavy atom. The Kier molecular flexibility index (Phi) is 5.08. The molecular formula is C15H17N3O2. The number of amides is 2. The molecule has 104 valence electrons. The first-order valence-corrected chi connectivity index (χ1v) is 6.30. The number of pyridine rings is 1. The molecular weight excluding hydrogens is 254 g/mol. The number of hydrogen-bond acceptors (Lipinski definition) is 3. The first kappa shape index (κ1) is 14.0. The zero-order chi connectivity index (χ0) is 14.2. The molecule has 0 aliphatic heterocycles. The maximum atomic E-state index is 11.9. The van der Waals surface area contributed by atoms with Crippen molar-refractivity contribution in [1.29, 1.82) is 0 Å². The smallest absolute Gasteiger partial charge is 0.319 e. The van der Waals surface area contributed by atoms with E-state index in [1.165, 1.54) is 0 Å². The van der Waals surface area contributed by atoms with Crippen molar-refractivity contribution in [3.63, 3.8) is 0 Å². The van der Waals surface area contributed by atoms with Gasteiger partial charge in [-0.1, -0.05) is 24.3 Å². The molecule has 5 nitrogen and oxygen atoms in total. The van der Waals surface area contributed by atoms with E-state index < -0.39 is 0 Å². The predicted octanol–water partition coefficient (Wildman–Crippen LogP) is 2.55. The number of para-hydroxylation sites is 1. The SMILES string of the molecule is COCc1ccccc1NC(=O)NCc1cccnc1. The summed E-state index contributed by atoms with van der Waals surface area (Å²) in [5, 5.41) is 5.60. The van der Waals surface area contributed by atoms with Crippen LogP contribution in [0.15, 0.2) is 48.8 Å². The fraction of sp³-hybridized carbons (Fsp3) is 0.200. The van der Waals surface area contributed by atoms with Gasteiger partial charge in [-0.05, 0) is 17.7 Å². The molecule has 0 atom stereocenters. The van der Waals surface area contributed by atoms with Gasteiger partial charge in [0.05, 0.1) is 6.61 Å². The lowest BCUT2D eigenvalue weighted by Crippen LogP contribution is -2.28. The van der Waals surface area contributed by atoms with E-state index in [2.05, 4.69) is 15.6 Å². The molecule has 0 fully saturated rings. The molecule has 2 N–H and O–H groups in total.